The fraction of sp³-hybridized carbons (Fsp3) is 0. The number of hydrogen-bond acceptors (Lipinski definition) is 2. The van der Waals surface area contributed by atoms with Crippen molar-refractivity contribution in [1.29, 1.82) is 0 Å². The highest BCUT2D eigenvalue weighted by molar-refractivity contribution is 9.10. The van der Waals surface area contributed by atoms with E-state index in [9.17, 15) is 4.79 Å². The van der Waals surface area contributed by atoms with E-state index < -0.39 is 0 Å². The molecule has 0 spiro atoms. The second kappa shape index (κ2) is 7.10. The molecule has 0 saturated heterocycles. The van der Waals surface area contributed by atoms with Gasteiger partial charge in [0.15, 0.2) is 0 Å². The number of nitrogens with zero attached hydrogens (tertiary/aromatic N) is 2. The topological polar surface area (TPSA) is 34.9 Å². The molecule has 3 nitrogen and oxygen atoms in total. The second-order valence-electron chi connectivity index (χ2n) is 5.87. The van der Waals surface area contributed by atoms with E-state index in [2.05, 4.69) is 15.9 Å². The smallest absolute Gasteiger partial charge is 0.204 e. The predicted molar refractivity (Wildman–Crippen MR) is 110 cm³/mol. The predicted octanol–water partition coefficient (Wildman–Crippen LogP) is 5.32. The molecule has 26 heavy (non-hydrogen) atoms. The first-order valence-corrected chi connectivity index (χ1v) is 9.03. The van der Waals surface area contributed by atoms with Crippen molar-refractivity contribution >= 4 is 39.0 Å². The van der Waals surface area contributed by atoms with Crippen LogP contribution in [0.3, 0.4) is 0 Å². The Morgan fingerprint density at radius 2 is 1.62 bits per heavy atom. The SMILES string of the molecule is O=c1ccccc2c(/C=C/c3cccc(Br)c3)nn(-c3ccccc3)c12. The van der Waals surface area contributed by atoms with Crippen molar-refractivity contribution in [2.45, 2.75) is 0 Å². The van der Waals surface area contributed by atoms with E-state index in [4.69, 9.17) is 5.10 Å². The Morgan fingerprint density at radius 1 is 0.846 bits per heavy atom. The first-order chi connectivity index (χ1) is 12.7. The van der Waals surface area contributed by atoms with Crippen LogP contribution in [0.5, 0.6) is 0 Å². The van der Waals surface area contributed by atoms with Crippen LogP contribution < -0.4 is 5.43 Å². The Labute approximate surface area is 159 Å². The number of halogens is 1. The van der Waals surface area contributed by atoms with Gasteiger partial charge in [0.1, 0.15) is 5.52 Å². The lowest BCUT2D eigenvalue weighted by Crippen LogP contribution is -2.04. The minimum Gasteiger partial charge on any atom is -0.288 e. The first kappa shape index (κ1) is 16.5. The van der Waals surface area contributed by atoms with Gasteiger partial charge >= 0.3 is 0 Å². The van der Waals surface area contributed by atoms with Crippen LogP contribution in [-0.4, -0.2) is 9.78 Å². The van der Waals surface area contributed by atoms with Gasteiger partial charge in [-0.05, 0) is 42.0 Å². The number of rotatable bonds is 3. The highest BCUT2D eigenvalue weighted by Crippen LogP contribution is 2.21. The summed E-state index contributed by atoms with van der Waals surface area (Å²) in [5, 5.41) is 5.53. The zero-order valence-corrected chi connectivity index (χ0v) is 15.4. The number of fused-ring (bicyclic) bond motifs is 1. The normalized spacial score (nSPS) is 11.3. The Hall–Kier alpha value is -2.98. The molecule has 3 aromatic carbocycles. The van der Waals surface area contributed by atoms with E-state index in [0.29, 0.717) is 5.52 Å². The third-order valence-corrected chi connectivity index (χ3v) is 4.58. The van der Waals surface area contributed by atoms with Gasteiger partial charge in [-0.25, -0.2) is 4.68 Å². The summed E-state index contributed by atoms with van der Waals surface area (Å²) in [7, 11) is 0. The Bertz CT molecular complexity index is 1160. The van der Waals surface area contributed by atoms with Crippen molar-refractivity contribution in [2.75, 3.05) is 0 Å². The molecule has 0 bridgehead atoms. The lowest BCUT2D eigenvalue weighted by Gasteiger charge is -2.00. The number of benzene rings is 2. The zero-order chi connectivity index (χ0) is 17.9. The second-order valence-corrected chi connectivity index (χ2v) is 6.78. The first-order valence-electron chi connectivity index (χ1n) is 8.23. The minimum absolute atomic E-state index is 0.0524. The fourth-order valence-electron chi connectivity index (χ4n) is 2.89. The molecular formula is C22H15BrN2O. The summed E-state index contributed by atoms with van der Waals surface area (Å²) in [6.07, 6.45) is 3.95. The van der Waals surface area contributed by atoms with Crippen LogP contribution in [0, 0.1) is 0 Å². The molecule has 0 radical (unpaired) electrons. The highest BCUT2D eigenvalue weighted by atomic mass is 79.9. The van der Waals surface area contributed by atoms with E-state index in [1.165, 1.54) is 0 Å². The van der Waals surface area contributed by atoms with Gasteiger partial charge in [0.2, 0.25) is 5.43 Å². The van der Waals surface area contributed by atoms with Gasteiger partial charge < -0.3 is 0 Å². The molecular weight excluding hydrogens is 388 g/mol. The Kier molecular flexibility index (Phi) is 4.50. The van der Waals surface area contributed by atoms with Crippen LogP contribution in [0.15, 0.2) is 88.1 Å². The quantitative estimate of drug-likeness (QED) is 0.464. The highest BCUT2D eigenvalue weighted by Gasteiger charge is 2.11. The Morgan fingerprint density at radius 3 is 2.42 bits per heavy atom. The van der Waals surface area contributed by atoms with Crippen molar-refractivity contribution < 1.29 is 0 Å². The fourth-order valence-corrected chi connectivity index (χ4v) is 3.30. The van der Waals surface area contributed by atoms with Crippen molar-refractivity contribution in [3.63, 3.8) is 0 Å². The molecule has 4 rings (SSSR count). The van der Waals surface area contributed by atoms with Crippen LogP contribution in [0.1, 0.15) is 11.3 Å². The zero-order valence-electron chi connectivity index (χ0n) is 13.8. The third-order valence-electron chi connectivity index (χ3n) is 4.09. The molecule has 0 aliphatic rings. The molecule has 0 aliphatic carbocycles. The van der Waals surface area contributed by atoms with Crippen molar-refractivity contribution in [2.24, 2.45) is 0 Å². The van der Waals surface area contributed by atoms with Crippen LogP contribution in [0.4, 0.5) is 0 Å². The van der Waals surface area contributed by atoms with Gasteiger partial charge in [-0.2, -0.15) is 5.10 Å². The number of aromatic nitrogens is 2. The molecule has 0 fully saturated rings. The van der Waals surface area contributed by atoms with Gasteiger partial charge in [0.05, 0.1) is 11.4 Å². The largest absolute Gasteiger partial charge is 0.288 e. The summed E-state index contributed by atoms with van der Waals surface area (Å²) >= 11 is 3.48. The summed E-state index contributed by atoms with van der Waals surface area (Å²) in [6.45, 7) is 0. The molecule has 0 atom stereocenters. The molecule has 1 aromatic heterocycles. The number of hydrogen-bond donors (Lipinski definition) is 0. The van der Waals surface area contributed by atoms with E-state index in [1.54, 1.807) is 16.8 Å². The summed E-state index contributed by atoms with van der Waals surface area (Å²) in [4.78, 5) is 12.6. The minimum atomic E-state index is -0.0524. The standard InChI is InChI=1S/C22H15BrN2O/c23-17-8-6-7-16(15-17)13-14-20-19-11-4-5-12-21(26)22(19)25(24-20)18-9-2-1-3-10-18/h1-15H/b14-13+. The van der Waals surface area contributed by atoms with Gasteiger partial charge in [-0.3, -0.25) is 4.79 Å². The molecule has 1 heterocycles. The number of para-hydroxylation sites is 1. The van der Waals surface area contributed by atoms with Crippen molar-refractivity contribution in [1.82, 2.24) is 9.78 Å². The van der Waals surface area contributed by atoms with Gasteiger partial charge in [-0.15, -0.1) is 0 Å². The van der Waals surface area contributed by atoms with Crippen molar-refractivity contribution in [3.05, 3.63) is 105 Å². The van der Waals surface area contributed by atoms with Crippen LogP contribution >= 0.6 is 15.9 Å². The summed E-state index contributed by atoms with van der Waals surface area (Å²) in [6, 6.07) is 24.9. The molecule has 0 unspecified atom stereocenters. The molecule has 126 valence electrons. The maximum absolute atomic E-state index is 12.6. The van der Waals surface area contributed by atoms with Gasteiger partial charge in [0.25, 0.3) is 0 Å². The van der Waals surface area contributed by atoms with Crippen molar-refractivity contribution in [3.8, 4) is 5.69 Å². The Balaban J connectivity index is 1.92. The maximum atomic E-state index is 12.6. The molecule has 0 saturated carbocycles. The summed E-state index contributed by atoms with van der Waals surface area (Å²) < 4.78 is 2.74. The lowest BCUT2D eigenvalue weighted by molar-refractivity contribution is 0.902. The molecule has 4 heteroatoms. The van der Waals surface area contributed by atoms with E-state index in [1.807, 2.05) is 78.9 Å². The molecule has 0 amide bonds. The monoisotopic (exact) mass is 402 g/mol. The molecule has 4 aromatic rings. The van der Waals surface area contributed by atoms with E-state index in [-0.39, 0.29) is 5.43 Å². The lowest BCUT2D eigenvalue weighted by atomic mass is 10.2. The summed E-state index contributed by atoms with van der Waals surface area (Å²) in [5.74, 6) is 0. The van der Waals surface area contributed by atoms with Gasteiger partial charge in [0, 0.05) is 9.86 Å². The average Bonchev–Trinajstić information content (AvgIpc) is 2.92. The van der Waals surface area contributed by atoms with Crippen LogP contribution in [-0.2, 0) is 0 Å². The van der Waals surface area contributed by atoms with Crippen LogP contribution in [0.2, 0.25) is 0 Å². The maximum Gasteiger partial charge on any atom is 0.204 e. The van der Waals surface area contributed by atoms with E-state index in [0.717, 1.165) is 26.8 Å². The average molecular weight is 403 g/mol. The third kappa shape index (κ3) is 3.24. The molecule has 0 N–H and O–H groups in total. The van der Waals surface area contributed by atoms with E-state index >= 15 is 0 Å². The summed E-state index contributed by atoms with van der Waals surface area (Å²) in [5.41, 5.74) is 3.21. The van der Waals surface area contributed by atoms with Gasteiger partial charge in [-0.1, -0.05) is 70.5 Å². The molecule has 0 aliphatic heterocycles. The van der Waals surface area contributed by atoms with Crippen LogP contribution in [0.25, 0.3) is 28.7 Å².